The van der Waals surface area contributed by atoms with E-state index in [9.17, 15) is 4.79 Å². The highest BCUT2D eigenvalue weighted by Crippen LogP contribution is 2.35. The molecule has 4 rings (SSSR count). The summed E-state index contributed by atoms with van der Waals surface area (Å²) in [5, 5.41) is 4.46. The minimum absolute atomic E-state index is 0.313. The Labute approximate surface area is 201 Å². The van der Waals surface area contributed by atoms with Crippen LogP contribution in [-0.4, -0.2) is 25.1 Å². The Kier molecular flexibility index (Phi) is 6.58. The quantitative estimate of drug-likeness (QED) is 0.323. The Bertz CT molecular complexity index is 1320. The molecular weight excluding hydrogens is 463 g/mol. The molecule has 0 spiro atoms. The third-order valence-electron chi connectivity index (χ3n) is 4.93. The molecule has 0 fully saturated rings. The van der Waals surface area contributed by atoms with Gasteiger partial charge in [0.05, 0.1) is 25.4 Å². The molecule has 0 aliphatic rings. The predicted octanol–water partition coefficient (Wildman–Crippen LogP) is 6.91. The maximum atomic E-state index is 12.5. The number of ether oxygens (including phenoxy) is 3. The summed E-state index contributed by atoms with van der Waals surface area (Å²) in [6.07, 6.45) is 0. The van der Waals surface area contributed by atoms with E-state index in [0.29, 0.717) is 44.3 Å². The van der Waals surface area contributed by atoms with E-state index in [-0.39, 0.29) is 5.91 Å². The molecule has 0 unspecified atom stereocenters. The fourth-order valence-electron chi connectivity index (χ4n) is 3.30. The van der Waals surface area contributed by atoms with E-state index in [1.165, 1.54) is 0 Å². The van der Waals surface area contributed by atoms with Gasteiger partial charge in [0.15, 0.2) is 11.5 Å². The monoisotopic (exact) mass is 482 g/mol. The first-order chi connectivity index (χ1) is 15.9. The van der Waals surface area contributed by atoms with Crippen LogP contribution in [0, 0.1) is 6.92 Å². The molecule has 0 saturated heterocycles. The average Bonchev–Trinajstić information content (AvgIpc) is 2.79. The highest BCUT2D eigenvalue weighted by atomic mass is 35.5. The van der Waals surface area contributed by atoms with Gasteiger partial charge in [-0.15, -0.1) is 0 Å². The minimum atomic E-state index is -0.313. The molecule has 4 aromatic rings. The van der Waals surface area contributed by atoms with Gasteiger partial charge < -0.3 is 19.5 Å². The molecule has 0 bridgehead atoms. The van der Waals surface area contributed by atoms with Gasteiger partial charge in [-0.1, -0.05) is 23.2 Å². The van der Waals surface area contributed by atoms with Crippen LogP contribution in [0.2, 0.25) is 10.0 Å². The molecule has 8 heteroatoms. The molecule has 1 heterocycles. The number of carbonyl (C=O) groups is 1. The summed E-state index contributed by atoms with van der Waals surface area (Å²) in [5.41, 5.74) is 2.48. The molecule has 0 radical (unpaired) electrons. The lowest BCUT2D eigenvalue weighted by atomic mass is 10.1. The van der Waals surface area contributed by atoms with Gasteiger partial charge >= 0.3 is 0 Å². The summed E-state index contributed by atoms with van der Waals surface area (Å²) in [7, 11) is 3.17. The number of benzene rings is 3. The van der Waals surface area contributed by atoms with Gasteiger partial charge in [0, 0.05) is 32.7 Å². The minimum Gasteiger partial charge on any atom is -0.493 e. The van der Waals surface area contributed by atoms with Gasteiger partial charge in [-0.3, -0.25) is 4.79 Å². The average molecular weight is 483 g/mol. The number of rotatable bonds is 6. The van der Waals surface area contributed by atoms with Crippen molar-refractivity contribution in [3.05, 3.63) is 82.0 Å². The van der Waals surface area contributed by atoms with Gasteiger partial charge in [0.25, 0.3) is 5.91 Å². The number of halogens is 2. The first-order valence-electron chi connectivity index (χ1n) is 9.95. The third-order valence-corrected chi connectivity index (χ3v) is 5.37. The van der Waals surface area contributed by atoms with Crippen LogP contribution in [0.25, 0.3) is 10.9 Å². The number of fused-ring (bicyclic) bond motifs is 1. The van der Waals surface area contributed by atoms with E-state index < -0.39 is 0 Å². The van der Waals surface area contributed by atoms with Crippen molar-refractivity contribution in [2.24, 2.45) is 0 Å². The first kappa shape index (κ1) is 22.7. The summed E-state index contributed by atoms with van der Waals surface area (Å²) >= 11 is 12.0. The van der Waals surface area contributed by atoms with E-state index in [1.807, 2.05) is 25.1 Å². The Morgan fingerprint density at radius 3 is 2.09 bits per heavy atom. The molecule has 0 saturated carbocycles. The molecule has 0 aliphatic carbocycles. The van der Waals surface area contributed by atoms with Crippen LogP contribution in [0.1, 0.15) is 16.1 Å². The number of nitrogens with zero attached hydrogens (tertiary/aromatic N) is 1. The van der Waals surface area contributed by atoms with Crippen LogP contribution < -0.4 is 19.5 Å². The SMILES string of the molecule is COc1cc2cc(Oc3ccc(NC(=O)c4cc(Cl)cc(Cl)c4)cc3)c(C)nc2cc1OC. The Balaban J connectivity index is 1.52. The molecule has 1 N–H and O–H groups in total. The summed E-state index contributed by atoms with van der Waals surface area (Å²) in [5.74, 6) is 2.13. The number of anilines is 1. The molecule has 1 amide bonds. The van der Waals surface area contributed by atoms with Gasteiger partial charge in [-0.05, 0) is 61.5 Å². The van der Waals surface area contributed by atoms with Crippen molar-refractivity contribution >= 4 is 45.7 Å². The number of aryl methyl sites for hydroxylation is 1. The normalized spacial score (nSPS) is 10.7. The lowest BCUT2D eigenvalue weighted by Gasteiger charge is -2.13. The Morgan fingerprint density at radius 1 is 0.848 bits per heavy atom. The molecule has 3 aromatic carbocycles. The molecule has 0 aliphatic heterocycles. The smallest absolute Gasteiger partial charge is 0.255 e. The maximum Gasteiger partial charge on any atom is 0.255 e. The lowest BCUT2D eigenvalue weighted by Crippen LogP contribution is -2.11. The topological polar surface area (TPSA) is 69.7 Å². The van der Waals surface area contributed by atoms with E-state index in [4.69, 9.17) is 37.4 Å². The third kappa shape index (κ3) is 5.13. The van der Waals surface area contributed by atoms with Crippen LogP contribution in [0.15, 0.2) is 60.7 Å². The fraction of sp³-hybridized carbons (Fsp3) is 0.120. The van der Waals surface area contributed by atoms with Gasteiger partial charge in [0.1, 0.15) is 11.5 Å². The van der Waals surface area contributed by atoms with Crippen LogP contribution in [0.4, 0.5) is 5.69 Å². The second kappa shape index (κ2) is 9.57. The van der Waals surface area contributed by atoms with E-state index >= 15 is 0 Å². The van der Waals surface area contributed by atoms with Crippen LogP contribution in [0.5, 0.6) is 23.0 Å². The van der Waals surface area contributed by atoms with Crippen LogP contribution >= 0.6 is 23.2 Å². The van der Waals surface area contributed by atoms with Crippen molar-refractivity contribution < 1.29 is 19.0 Å². The number of aromatic nitrogens is 1. The standard InChI is InChI=1S/C25H20Cl2N2O4/c1-14-22(10-15-11-23(31-2)24(32-3)13-21(15)28-14)33-20-6-4-19(5-7-20)29-25(30)16-8-17(26)12-18(27)9-16/h4-13H,1-3H3,(H,29,30). The number of nitrogens with one attached hydrogen (secondary N) is 1. The summed E-state index contributed by atoms with van der Waals surface area (Å²) in [6.45, 7) is 1.87. The highest BCUT2D eigenvalue weighted by Gasteiger charge is 2.12. The van der Waals surface area contributed by atoms with Gasteiger partial charge in [-0.2, -0.15) is 0 Å². The largest absolute Gasteiger partial charge is 0.493 e. The summed E-state index contributed by atoms with van der Waals surface area (Å²) < 4.78 is 16.8. The summed E-state index contributed by atoms with van der Waals surface area (Å²) in [6, 6.07) is 17.3. The highest BCUT2D eigenvalue weighted by molar-refractivity contribution is 6.35. The molecule has 33 heavy (non-hydrogen) atoms. The fourth-order valence-corrected chi connectivity index (χ4v) is 3.83. The number of pyridine rings is 1. The summed E-state index contributed by atoms with van der Waals surface area (Å²) in [4.78, 5) is 17.1. The van der Waals surface area contributed by atoms with E-state index in [2.05, 4.69) is 10.3 Å². The number of hydrogen-bond donors (Lipinski definition) is 1. The Morgan fingerprint density at radius 2 is 1.45 bits per heavy atom. The number of carbonyl (C=O) groups excluding carboxylic acids is 1. The molecule has 168 valence electrons. The van der Waals surface area contributed by atoms with E-state index in [1.54, 1.807) is 56.7 Å². The van der Waals surface area contributed by atoms with Crippen molar-refractivity contribution in [2.75, 3.05) is 19.5 Å². The van der Waals surface area contributed by atoms with Crippen molar-refractivity contribution in [2.45, 2.75) is 6.92 Å². The Hall–Kier alpha value is -3.48. The van der Waals surface area contributed by atoms with Crippen molar-refractivity contribution in [1.29, 1.82) is 0 Å². The van der Waals surface area contributed by atoms with Crippen molar-refractivity contribution in [3.8, 4) is 23.0 Å². The lowest BCUT2D eigenvalue weighted by molar-refractivity contribution is 0.102. The second-order valence-electron chi connectivity index (χ2n) is 7.21. The second-order valence-corrected chi connectivity index (χ2v) is 8.08. The first-order valence-corrected chi connectivity index (χ1v) is 10.7. The van der Waals surface area contributed by atoms with Crippen LogP contribution in [0.3, 0.4) is 0 Å². The molecule has 6 nitrogen and oxygen atoms in total. The van der Waals surface area contributed by atoms with Gasteiger partial charge in [0.2, 0.25) is 0 Å². The zero-order valence-corrected chi connectivity index (χ0v) is 19.6. The zero-order valence-electron chi connectivity index (χ0n) is 18.1. The predicted molar refractivity (Wildman–Crippen MR) is 131 cm³/mol. The zero-order chi connectivity index (χ0) is 23.5. The van der Waals surface area contributed by atoms with Crippen molar-refractivity contribution in [1.82, 2.24) is 4.98 Å². The number of methoxy groups -OCH3 is 2. The maximum absolute atomic E-state index is 12.5. The van der Waals surface area contributed by atoms with E-state index in [0.717, 1.165) is 16.6 Å². The van der Waals surface area contributed by atoms with Gasteiger partial charge in [-0.25, -0.2) is 4.98 Å². The van der Waals surface area contributed by atoms with Crippen molar-refractivity contribution in [3.63, 3.8) is 0 Å². The number of amides is 1. The number of hydrogen-bond acceptors (Lipinski definition) is 5. The molecule has 0 atom stereocenters. The molecular formula is C25H20Cl2N2O4. The molecule has 1 aromatic heterocycles. The van der Waals surface area contributed by atoms with Crippen LogP contribution in [-0.2, 0) is 0 Å².